The highest BCUT2D eigenvalue weighted by Gasteiger charge is 2.13. The Balaban J connectivity index is 3.10. The van der Waals surface area contributed by atoms with Crippen LogP contribution in [0.15, 0.2) is 16.6 Å². The molecule has 0 radical (unpaired) electrons. The largest absolute Gasteiger partial charge is 0.410 e. The summed E-state index contributed by atoms with van der Waals surface area (Å²) in [5.41, 5.74) is 4.64. The molecule has 0 saturated carbocycles. The van der Waals surface area contributed by atoms with Crippen LogP contribution in [-0.4, -0.2) is 6.09 Å². The Labute approximate surface area is 80.6 Å². The molecule has 0 spiro atoms. The number of halogens is 3. The van der Waals surface area contributed by atoms with Gasteiger partial charge in [0.2, 0.25) is 0 Å². The number of hydrogen-bond acceptors (Lipinski definition) is 2. The van der Waals surface area contributed by atoms with Crippen LogP contribution in [0.2, 0.25) is 0 Å². The van der Waals surface area contributed by atoms with Crippen LogP contribution < -0.4 is 10.5 Å². The molecule has 0 aliphatic heterocycles. The molecule has 0 bridgehead atoms. The fourth-order valence-corrected chi connectivity index (χ4v) is 1.02. The molecule has 1 amide bonds. The van der Waals surface area contributed by atoms with E-state index in [1.165, 1.54) is 0 Å². The fraction of sp³-hybridized carbons (Fsp3) is 0. The first-order valence-electron chi connectivity index (χ1n) is 3.13. The molecule has 70 valence electrons. The zero-order valence-corrected chi connectivity index (χ0v) is 7.77. The lowest BCUT2D eigenvalue weighted by molar-refractivity contribution is 0.208. The average Bonchev–Trinajstić information content (AvgIpc) is 2.06. The monoisotopic (exact) mass is 251 g/mol. The van der Waals surface area contributed by atoms with Crippen LogP contribution in [0.25, 0.3) is 0 Å². The van der Waals surface area contributed by atoms with Gasteiger partial charge >= 0.3 is 6.09 Å². The maximum Gasteiger partial charge on any atom is 0.410 e. The predicted molar refractivity (Wildman–Crippen MR) is 44.3 cm³/mol. The minimum absolute atomic E-state index is 0.397. The van der Waals surface area contributed by atoms with Gasteiger partial charge in [0.05, 0.1) is 4.47 Å². The molecule has 1 aromatic carbocycles. The van der Waals surface area contributed by atoms with Gasteiger partial charge in [-0.15, -0.1) is 0 Å². The summed E-state index contributed by atoms with van der Waals surface area (Å²) >= 11 is 2.64. The predicted octanol–water partition coefficient (Wildman–Crippen LogP) is 2.18. The molecule has 0 fully saturated rings. The summed E-state index contributed by atoms with van der Waals surface area (Å²) in [5.74, 6) is -2.20. The van der Waals surface area contributed by atoms with E-state index in [0.29, 0.717) is 0 Å². The van der Waals surface area contributed by atoms with E-state index in [1.807, 2.05) is 0 Å². The topological polar surface area (TPSA) is 52.3 Å². The summed E-state index contributed by atoms with van der Waals surface area (Å²) in [6.07, 6.45) is -1.16. The summed E-state index contributed by atoms with van der Waals surface area (Å²) in [5, 5.41) is 0. The molecular formula is C7H4BrF2NO2. The van der Waals surface area contributed by atoms with E-state index in [-0.39, 0.29) is 0 Å². The van der Waals surface area contributed by atoms with Crippen molar-refractivity contribution in [2.45, 2.75) is 0 Å². The van der Waals surface area contributed by atoms with Crippen molar-refractivity contribution in [1.82, 2.24) is 0 Å². The second-order valence-electron chi connectivity index (χ2n) is 2.09. The van der Waals surface area contributed by atoms with Crippen LogP contribution >= 0.6 is 15.9 Å². The number of rotatable bonds is 1. The van der Waals surface area contributed by atoms with Crippen LogP contribution in [0.1, 0.15) is 0 Å². The Bertz CT molecular complexity index is 357. The van der Waals surface area contributed by atoms with Crippen molar-refractivity contribution in [1.29, 1.82) is 0 Å². The van der Waals surface area contributed by atoms with Gasteiger partial charge in [-0.25, -0.2) is 13.6 Å². The zero-order valence-electron chi connectivity index (χ0n) is 6.18. The molecule has 0 aliphatic carbocycles. The van der Waals surface area contributed by atoms with E-state index in [1.54, 1.807) is 0 Å². The van der Waals surface area contributed by atoms with Crippen LogP contribution in [-0.2, 0) is 0 Å². The number of amides is 1. The summed E-state index contributed by atoms with van der Waals surface area (Å²) < 4.78 is 29.5. The van der Waals surface area contributed by atoms with Crippen LogP contribution in [0, 0.1) is 11.6 Å². The molecule has 2 N–H and O–H groups in total. The number of benzene rings is 1. The number of carbonyl (C=O) groups is 1. The summed E-state index contributed by atoms with van der Waals surface area (Å²) in [4.78, 5) is 10.2. The van der Waals surface area contributed by atoms with E-state index < -0.39 is 27.9 Å². The third kappa shape index (κ3) is 2.15. The average molecular weight is 252 g/mol. The van der Waals surface area contributed by atoms with Gasteiger partial charge in [0, 0.05) is 0 Å². The molecule has 1 rings (SSSR count). The summed E-state index contributed by atoms with van der Waals surface area (Å²) in [6, 6.07) is 1.92. The minimum atomic E-state index is -1.16. The van der Waals surface area contributed by atoms with Gasteiger partial charge in [-0.1, -0.05) is 0 Å². The van der Waals surface area contributed by atoms with Crippen molar-refractivity contribution in [2.75, 3.05) is 0 Å². The first kappa shape index (κ1) is 9.91. The van der Waals surface area contributed by atoms with Crippen molar-refractivity contribution in [3.63, 3.8) is 0 Å². The van der Waals surface area contributed by atoms with Gasteiger partial charge in [0.25, 0.3) is 0 Å². The molecule has 0 unspecified atom stereocenters. The standard InChI is InChI=1S/C7H4BrF2NO2/c8-5-3(9)1-2-4(6(5)10)13-7(11)12/h1-2H,(H2,11,12). The highest BCUT2D eigenvalue weighted by atomic mass is 79.9. The van der Waals surface area contributed by atoms with Crippen molar-refractivity contribution in [3.8, 4) is 5.75 Å². The van der Waals surface area contributed by atoms with Gasteiger partial charge < -0.3 is 10.5 Å². The summed E-state index contributed by atoms with van der Waals surface area (Å²) in [6.45, 7) is 0. The van der Waals surface area contributed by atoms with Crippen molar-refractivity contribution in [2.24, 2.45) is 5.73 Å². The van der Waals surface area contributed by atoms with E-state index in [4.69, 9.17) is 0 Å². The highest BCUT2D eigenvalue weighted by Crippen LogP contribution is 2.27. The first-order chi connectivity index (χ1) is 6.02. The molecular weight excluding hydrogens is 248 g/mol. The third-order valence-corrected chi connectivity index (χ3v) is 1.94. The maximum absolute atomic E-state index is 13.0. The van der Waals surface area contributed by atoms with E-state index in [0.717, 1.165) is 12.1 Å². The van der Waals surface area contributed by atoms with Crippen LogP contribution in [0.5, 0.6) is 5.75 Å². The second-order valence-corrected chi connectivity index (χ2v) is 2.89. The Morgan fingerprint density at radius 1 is 1.46 bits per heavy atom. The fourth-order valence-electron chi connectivity index (χ4n) is 0.695. The van der Waals surface area contributed by atoms with Gasteiger partial charge in [-0.3, -0.25) is 0 Å². The lowest BCUT2D eigenvalue weighted by Crippen LogP contribution is -2.17. The van der Waals surface area contributed by atoms with Gasteiger partial charge in [-0.05, 0) is 28.1 Å². The molecule has 1 aromatic rings. The molecule has 0 atom stereocenters. The Morgan fingerprint density at radius 3 is 2.62 bits per heavy atom. The lowest BCUT2D eigenvalue weighted by Gasteiger charge is -2.03. The van der Waals surface area contributed by atoms with E-state index in [2.05, 4.69) is 26.4 Å². The Morgan fingerprint density at radius 2 is 2.08 bits per heavy atom. The molecule has 6 heteroatoms. The maximum atomic E-state index is 13.0. The SMILES string of the molecule is NC(=O)Oc1ccc(F)c(Br)c1F. The van der Waals surface area contributed by atoms with Crippen LogP contribution in [0.3, 0.4) is 0 Å². The molecule has 0 aliphatic rings. The molecule has 0 aromatic heterocycles. The van der Waals surface area contributed by atoms with Gasteiger partial charge in [0.15, 0.2) is 11.6 Å². The molecule has 0 saturated heterocycles. The third-order valence-electron chi connectivity index (χ3n) is 1.21. The number of carbonyl (C=O) groups excluding carboxylic acids is 1. The van der Waals surface area contributed by atoms with Gasteiger partial charge in [0.1, 0.15) is 5.82 Å². The number of primary amides is 1. The molecule has 0 heterocycles. The van der Waals surface area contributed by atoms with Crippen molar-refractivity contribution in [3.05, 3.63) is 28.2 Å². The van der Waals surface area contributed by atoms with Crippen LogP contribution in [0.4, 0.5) is 13.6 Å². The van der Waals surface area contributed by atoms with E-state index >= 15 is 0 Å². The first-order valence-corrected chi connectivity index (χ1v) is 3.92. The highest BCUT2D eigenvalue weighted by molar-refractivity contribution is 9.10. The number of nitrogens with two attached hydrogens (primary N) is 1. The zero-order chi connectivity index (χ0) is 10.0. The molecule has 3 nitrogen and oxygen atoms in total. The van der Waals surface area contributed by atoms with E-state index in [9.17, 15) is 13.6 Å². The second kappa shape index (κ2) is 3.69. The quantitative estimate of drug-likeness (QED) is 0.779. The van der Waals surface area contributed by atoms with Crippen molar-refractivity contribution < 1.29 is 18.3 Å². The molecule has 13 heavy (non-hydrogen) atoms. The number of hydrogen-bond donors (Lipinski definition) is 1. The summed E-state index contributed by atoms with van der Waals surface area (Å²) in [7, 11) is 0. The normalized spacial score (nSPS) is 9.77. The van der Waals surface area contributed by atoms with Gasteiger partial charge in [-0.2, -0.15) is 0 Å². The smallest absolute Gasteiger partial charge is 0.407 e. The Hall–Kier alpha value is -1.17. The Kier molecular flexibility index (Phi) is 2.82. The minimum Gasteiger partial charge on any atom is -0.407 e. The number of ether oxygens (including phenoxy) is 1. The van der Waals surface area contributed by atoms with Crippen molar-refractivity contribution >= 4 is 22.0 Å². The lowest BCUT2D eigenvalue weighted by atomic mass is 10.3.